The molecular weight excluding hydrogens is 259 g/mol. The number of aromatic nitrogens is 3. The van der Waals surface area contributed by atoms with Crippen molar-refractivity contribution in [1.82, 2.24) is 14.5 Å². The number of nitrogens with zero attached hydrogens (tertiary/aromatic N) is 2. The minimum atomic E-state index is -0.397. The van der Waals surface area contributed by atoms with E-state index in [4.69, 9.17) is 0 Å². The van der Waals surface area contributed by atoms with Crippen molar-refractivity contribution < 1.29 is 4.39 Å². The van der Waals surface area contributed by atoms with Crippen LogP contribution in [-0.2, 0) is 13.6 Å². The van der Waals surface area contributed by atoms with Crippen LogP contribution < -0.4 is 10.9 Å². The number of aromatic amines is 1. The first-order valence-corrected chi connectivity index (χ1v) is 6.24. The third-order valence-electron chi connectivity index (χ3n) is 3.68. The molecule has 0 aromatic carbocycles. The maximum atomic E-state index is 13.5. The van der Waals surface area contributed by atoms with Gasteiger partial charge >= 0.3 is 0 Å². The van der Waals surface area contributed by atoms with Crippen molar-refractivity contribution in [2.45, 2.75) is 6.54 Å². The van der Waals surface area contributed by atoms with Crippen molar-refractivity contribution >= 4 is 16.7 Å². The summed E-state index contributed by atoms with van der Waals surface area (Å²) >= 11 is 0. The van der Waals surface area contributed by atoms with Gasteiger partial charge in [-0.05, 0) is 11.6 Å². The van der Waals surface area contributed by atoms with E-state index >= 15 is 0 Å². The van der Waals surface area contributed by atoms with Crippen molar-refractivity contribution in [1.29, 1.82) is 0 Å². The van der Waals surface area contributed by atoms with Gasteiger partial charge in [0.2, 0.25) is 0 Å². The second-order valence-electron chi connectivity index (χ2n) is 4.93. The summed E-state index contributed by atoms with van der Waals surface area (Å²) in [6.07, 6.45) is 4.73. The van der Waals surface area contributed by atoms with Gasteiger partial charge in [0, 0.05) is 42.5 Å². The lowest BCUT2D eigenvalue weighted by molar-refractivity contribution is 0.622. The summed E-state index contributed by atoms with van der Waals surface area (Å²) in [5.41, 5.74) is 2.90. The molecule has 0 spiro atoms. The Labute approximate surface area is 113 Å². The number of rotatable bonds is 0. The second-order valence-corrected chi connectivity index (χ2v) is 4.93. The number of fused-ring (bicyclic) bond motifs is 2. The minimum absolute atomic E-state index is 0.0946. The number of anilines is 1. The smallest absolute Gasteiger partial charge is 0.274 e. The lowest BCUT2D eigenvalue weighted by atomic mass is 10.0. The van der Waals surface area contributed by atoms with Gasteiger partial charge in [-0.25, -0.2) is 9.37 Å². The van der Waals surface area contributed by atoms with Crippen LogP contribution in [0, 0.1) is 5.82 Å². The topological polar surface area (TPSA) is 62.7 Å². The lowest BCUT2D eigenvalue weighted by Crippen LogP contribution is -2.16. The average molecular weight is 270 g/mol. The molecule has 0 amide bonds. The van der Waals surface area contributed by atoms with Crippen molar-refractivity contribution in [3.8, 4) is 11.1 Å². The second kappa shape index (κ2) is 3.69. The number of halogens is 1. The summed E-state index contributed by atoms with van der Waals surface area (Å²) < 4.78 is 15.0. The fourth-order valence-electron chi connectivity index (χ4n) is 2.74. The molecule has 6 heteroatoms. The van der Waals surface area contributed by atoms with Crippen molar-refractivity contribution in [3.05, 3.63) is 46.4 Å². The lowest BCUT2D eigenvalue weighted by Gasteiger charge is -2.09. The normalized spacial score (nSPS) is 12.9. The summed E-state index contributed by atoms with van der Waals surface area (Å²) in [7, 11) is 1.68. The van der Waals surface area contributed by atoms with E-state index in [1.807, 2.05) is 6.20 Å². The van der Waals surface area contributed by atoms with E-state index in [0.717, 1.165) is 16.5 Å². The third-order valence-corrected chi connectivity index (χ3v) is 3.68. The molecule has 0 saturated heterocycles. The first-order valence-electron chi connectivity index (χ1n) is 6.24. The summed E-state index contributed by atoms with van der Waals surface area (Å²) in [6, 6.07) is 1.44. The highest BCUT2D eigenvalue weighted by molar-refractivity contribution is 6.00. The van der Waals surface area contributed by atoms with Crippen LogP contribution in [0.15, 0.2) is 29.5 Å². The molecule has 0 saturated carbocycles. The Morgan fingerprint density at radius 3 is 3.10 bits per heavy atom. The van der Waals surface area contributed by atoms with Crippen LogP contribution in [0.4, 0.5) is 10.2 Å². The molecule has 5 nitrogen and oxygen atoms in total. The summed E-state index contributed by atoms with van der Waals surface area (Å²) in [6.45, 7) is 0.547. The molecule has 2 N–H and O–H groups in total. The van der Waals surface area contributed by atoms with Crippen LogP contribution >= 0.6 is 0 Å². The summed E-state index contributed by atoms with van der Waals surface area (Å²) in [5.74, 6) is 0.231. The van der Waals surface area contributed by atoms with E-state index in [9.17, 15) is 9.18 Å². The van der Waals surface area contributed by atoms with Crippen LogP contribution in [-0.4, -0.2) is 14.5 Å². The van der Waals surface area contributed by atoms with Gasteiger partial charge < -0.3 is 14.9 Å². The molecule has 3 aromatic rings. The Morgan fingerprint density at radius 2 is 2.25 bits per heavy atom. The Hall–Kier alpha value is -2.63. The van der Waals surface area contributed by atoms with E-state index in [2.05, 4.69) is 15.3 Å². The van der Waals surface area contributed by atoms with Crippen molar-refractivity contribution in [2.75, 3.05) is 5.32 Å². The largest absolute Gasteiger partial charge is 0.365 e. The molecular formula is C14H11FN4O. The fraction of sp³-hybridized carbons (Fsp3) is 0.143. The van der Waals surface area contributed by atoms with Crippen LogP contribution in [0.1, 0.15) is 5.56 Å². The van der Waals surface area contributed by atoms with Gasteiger partial charge in [-0.3, -0.25) is 4.79 Å². The predicted octanol–water partition coefficient (Wildman–Crippen LogP) is 1.99. The molecule has 100 valence electrons. The van der Waals surface area contributed by atoms with Gasteiger partial charge in [0.15, 0.2) is 0 Å². The fourth-order valence-corrected chi connectivity index (χ4v) is 2.74. The molecule has 0 aliphatic carbocycles. The third kappa shape index (κ3) is 1.36. The van der Waals surface area contributed by atoms with Gasteiger partial charge in [-0.1, -0.05) is 0 Å². The van der Waals surface area contributed by atoms with Gasteiger partial charge in [0.05, 0.1) is 6.20 Å². The monoisotopic (exact) mass is 270 g/mol. The maximum Gasteiger partial charge on any atom is 0.274 e. The standard InChI is InChI=1S/C14H11FN4O/c1-19-6-10-9-2-8(15)5-18-13(9)17-4-7-3-16-12(11(7)10)14(19)20/h2-3,5-6,16H,4H2,1H3,(H,17,18). The zero-order valence-electron chi connectivity index (χ0n) is 10.7. The number of aryl methyl sites for hydroxylation is 1. The van der Waals surface area contributed by atoms with Gasteiger partial charge in [0.25, 0.3) is 5.56 Å². The van der Waals surface area contributed by atoms with Crippen molar-refractivity contribution in [2.24, 2.45) is 7.05 Å². The molecule has 1 aliphatic rings. The zero-order chi connectivity index (χ0) is 13.9. The molecule has 3 aromatic heterocycles. The zero-order valence-corrected chi connectivity index (χ0v) is 10.7. The molecule has 1 aliphatic heterocycles. The first-order chi connectivity index (χ1) is 9.65. The van der Waals surface area contributed by atoms with Crippen LogP contribution in [0.3, 0.4) is 0 Å². The van der Waals surface area contributed by atoms with Crippen molar-refractivity contribution in [3.63, 3.8) is 0 Å². The molecule has 0 bridgehead atoms. The Balaban J connectivity index is 2.21. The van der Waals surface area contributed by atoms with E-state index in [1.165, 1.54) is 16.8 Å². The highest BCUT2D eigenvalue weighted by Gasteiger charge is 2.21. The number of H-pyrrole nitrogens is 1. The first kappa shape index (κ1) is 11.2. The average Bonchev–Trinajstić information content (AvgIpc) is 2.79. The van der Waals surface area contributed by atoms with Gasteiger partial charge in [-0.2, -0.15) is 0 Å². The number of nitrogens with one attached hydrogen (secondary N) is 2. The number of hydrogen-bond acceptors (Lipinski definition) is 3. The maximum absolute atomic E-state index is 13.5. The highest BCUT2D eigenvalue weighted by Crippen LogP contribution is 2.36. The summed E-state index contributed by atoms with van der Waals surface area (Å²) in [5, 5.41) is 4.01. The Morgan fingerprint density at radius 1 is 1.40 bits per heavy atom. The molecule has 4 rings (SSSR count). The number of hydrogen-bond donors (Lipinski definition) is 2. The van der Waals surface area contributed by atoms with E-state index < -0.39 is 5.82 Å². The van der Waals surface area contributed by atoms with E-state index in [1.54, 1.807) is 13.2 Å². The Kier molecular flexibility index (Phi) is 2.07. The molecule has 0 atom stereocenters. The van der Waals surface area contributed by atoms with Crippen LogP contribution in [0.2, 0.25) is 0 Å². The molecule has 0 radical (unpaired) electrons. The highest BCUT2D eigenvalue weighted by atomic mass is 19.1. The van der Waals surface area contributed by atoms with E-state index in [-0.39, 0.29) is 5.56 Å². The minimum Gasteiger partial charge on any atom is -0.365 e. The molecule has 4 heterocycles. The summed E-state index contributed by atoms with van der Waals surface area (Å²) in [4.78, 5) is 19.3. The van der Waals surface area contributed by atoms with Crippen LogP contribution in [0.25, 0.3) is 22.0 Å². The SMILES string of the molecule is Cn1cc2c3c(c[nH]c3c1=O)CNc1ncc(F)cc1-2. The van der Waals surface area contributed by atoms with Gasteiger partial charge in [-0.15, -0.1) is 0 Å². The molecule has 20 heavy (non-hydrogen) atoms. The molecule has 0 fully saturated rings. The van der Waals surface area contributed by atoms with E-state index in [0.29, 0.717) is 23.4 Å². The quantitative estimate of drug-likeness (QED) is 0.656. The predicted molar refractivity (Wildman–Crippen MR) is 74.1 cm³/mol. The molecule has 0 unspecified atom stereocenters. The van der Waals surface area contributed by atoms with Gasteiger partial charge in [0.1, 0.15) is 17.2 Å². The van der Waals surface area contributed by atoms with Crippen LogP contribution in [0.5, 0.6) is 0 Å². The number of pyridine rings is 2. The Bertz CT molecular complexity index is 909.